The molecule has 1 unspecified atom stereocenters. The maximum Gasteiger partial charge on any atom is 0.325 e. The SMILES string of the molecule is CC(=O)NN(ON)C(CCC[C@@H]1SC[C@@H]2NC(=O)N[C@@H]21)C(=O)O. The van der Waals surface area contributed by atoms with Crippen molar-refractivity contribution < 1.29 is 24.4 Å². The Kier molecular flexibility index (Phi) is 6.04. The molecule has 6 N–H and O–H groups in total. The van der Waals surface area contributed by atoms with Crippen LogP contribution in [0.2, 0.25) is 0 Å². The number of fused-ring (bicyclic) bond motifs is 1. The molecule has 0 bridgehead atoms. The van der Waals surface area contributed by atoms with Gasteiger partial charge in [0.2, 0.25) is 5.91 Å². The molecule has 0 radical (unpaired) electrons. The lowest BCUT2D eigenvalue weighted by Crippen LogP contribution is -2.52. The fourth-order valence-corrected chi connectivity index (χ4v) is 4.37. The third-order valence-corrected chi connectivity index (χ3v) is 5.36. The van der Waals surface area contributed by atoms with Gasteiger partial charge in [0.25, 0.3) is 0 Å². The molecular weight excluding hydrogens is 326 g/mol. The molecule has 11 heteroatoms. The topological polar surface area (TPSA) is 146 Å². The van der Waals surface area contributed by atoms with Crippen molar-refractivity contribution in [3.63, 3.8) is 0 Å². The molecule has 2 saturated heterocycles. The zero-order chi connectivity index (χ0) is 17.0. The number of nitrogens with one attached hydrogen (secondary N) is 3. The zero-order valence-electron chi connectivity index (χ0n) is 12.7. The minimum absolute atomic E-state index is 0.0768. The van der Waals surface area contributed by atoms with Crippen LogP contribution in [0, 0.1) is 0 Å². The van der Waals surface area contributed by atoms with Crippen LogP contribution in [0.15, 0.2) is 0 Å². The summed E-state index contributed by atoms with van der Waals surface area (Å²) in [6.45, 7) is 1.23. The second kappa shape index (κ2) is 7.81. The van der Waals surface area contributed by atoms with Crippen molar-refractivity contribution in [1.29, 1.82) is 0 Å². The first-order valence-corrected chi connectivity index (χ1v) is 8.32. The Hall–Kier alpha value is -1.56. The first-order chi connectivity index (χ1) is 10.9. The number of nitrogens with zero attached hydrogens (tertiary/aromatic N) is 1. The Balaban J connectivity index is 1.83. The Labute approximate surface area is 137 Å². The third kappa shape index (κ3) is 4.47. The Morgan fingerprint density at radius 3 is 2.91 bits per heavy atom. The van der Waals surface area contributed by atoms with Crippen molar-refractivity contribution in [2.75, 3.05) is 5.75 Å². The molecule has 0 saturated carbocycles. The van der Waals surface area contributed by atoms with E-state index in [9.17, 15) is 19.5 Å². The Bertz CT molecular complexity index is 479. The average molecular weight is 347 g/mol. The van der Waals surface area contributed by atoms with Gasteiger partial charge in [0.15, 0.2) is 6.04 Å². The number of aliphatic carboxylic acids is 1. The van der Waals surface area contributed by atoms with Crippen molar-refractivity contribution in [1.82, 2.24) is 21.2 Å². The summed E-state index contributed by atoms with van der Waals surface area (Å²) in [7, 11) is 0. The Morgan fingerprint density at radius 1 is 1.57 bits per heavy atom. The molecule has 4 atom stereocenters. The van der Waals surface area contributed by atoms with Gasteiger partial charge in [-0.15, -0.1) is 0 Å². The van der Waals surface area contributed by atoms with Gasteiger partial charge in [-0.25, -0.2) is 4.79 Å². The van der Waals surface area contributed by atoms with E-state index in [1.165, 1.54) is 6.92 Å². The highest BCUT2D eigenvalue weighted by molar-refractivity contribution is 8.00. The second-order valence-corrected chi connectivity index (χ2v) is 6.78. The lowest BCUT2D eigenvalue weighted by molar-refractivity contribution is -0.230. The summed E-state index contributed by atoms with van der Waals surface area (Å²) in [6.07, 6.45) is 1.59. The van der Waals surface area contributed by atoms with Gasteiger partial charge in [0, 0.05) is 17.9 Å². The number of nitrogens with two attached hydrogens (primary N) is 1. The number of rotatable bonds is 8. The zero-order valence-corrected chi connectivity index (χ0v) is 13.5. The standard InChI is InChI=1S/C12H21N5O5S/c1-6(18)16-17(22-13)8(11(19)20)3-2-4-9-10-7(5-23-9)14-12(21)15-10/h7-10H,2-5,13H2,1H3,(H,16,18)(H,19,20)(H2,14,15,21)/t7-,8?,9-,10-/m0/s1. The molecule has 0 aromatic heterocycles. The highest BCUT2D eigenvalue weighted by atomic mass is 32.2. The van der Waals surface area contributed by atoms with Crippen LogP contribution in [0.5, 0.6) is 0 Å². The predicted octanol–water partition coefficient (Wildman–Crippen LogP) is -1.07. The van der Waals surface area contributed by atoms with Crippen molar-refractivity contribution in [2.45, 2.75) is 49.6 Å². The molecule has 2 aliphatic rings. The number of carbonyl (C=O) groups is 3. The molecule has 0 spiro atoms. The van der Waals surface area contributed by atoms with E-state index < -0.39 is 17.9 Å². The molecule has 23 heavy (non-hydrogen) atoms. The van der Waals surface area contributed by atoms with E-state index in [1.807, 2.05) is 0 Å². The predicted molar refractivity (Wildman–Crippen MR) is 81.7 cm³/mol. The number of hydrazine groups is 1. The number of hydrogen-bond acceptors (Lipinski definition) is 7. The molecule has 0 aliphatic carbocycles. The number of urea groups is 1. The van der Waals surface area contributed by atoms with E-state index in [2.05, 4.69) is 21.0 Å². The lowest BCUT2D eigenvalue weighted by Gasteiger charge is -2.25. The van der Waals surface area contributed by atoms with E-state index in [4.69, 9.17) is 5.90 Å². The van der Waals surface area contributed by atoms with Gasteiger partial charge in [-0.1, -0.05) is 5.17 Å². The van der Waals surface area contributed by atoms with Crippen LogP contribution in [-0.2, 0) is 14.5 Å². The van der Waals surface area contributed by atoms with Gasteiger partial charge in [-0.3, -0.25) is 15.0 Å². The number of thioether (sulfide) groups is 1. The number of carboxylic acid groups (broad SMARTS) is 1. The summed E-state index contributed by atoms with van der Waals surface area (Å²) in [5, 5.41) is 16.0. The Morgan fingerprint density at radius 2 is 2.30 bits per heavy atom. The van der Waals surface area contributed by atoms with Gasteiger partial charge in [0.05, 0.1) is 12.1 Å². The van der Waals surface area contributed by atoms with Crippen LogP contribution < -0.4 is 22.0 Å². The quantitative estimate of drug-likeness (QED) is 0.276. The largest absolute Gasteiger partial charge is 0.480 e. The van der Waals surface area contributed by atoms with Crippen molar-refractivity contribution in [3.05, 3.63) is 0 Å². The van der Waals surface area contributed by atoms with E-state index >= 15 is 0 Å². The van der Waals surface area contributed by atoms with Crippen LogP contribution in [0.1, 0.15) is 26.2 Å². The number of carboxylic acids is 1. The summed E-state index contributed by atoms with van der Waals surface area (Å²) in [5.74, 6) is 4.26. The van der Waals surface area contributed by atoms with E-state index in [-0.39, 0.29) is 29.8 Å². The van der Waals surface area contributed by atoms with Gasteiger partial charge in [-0.05, 0) is 19.3 Å². The first-order valence-electron chi connectivity index (χ1n) is 7.27. The average Bonchev–Trinajstić information content (AvgIpc) is 3.00. The van der Waals surface area contributed by atoms with Crippen LogP contribution in [0.3, 0.4) is 0 Å². The number of carbonyl (C=O) groups excluding carboxylic acids is 2. The maximum absolute atomic E-state index is 11.3. The minimum Gasteiger partial charge on any atom is -0.480 e. The molecule has 2 rings (SSSR count). The molecule has 3 amide bonds. The van der Waals surface area contributed by atoms with Crippen LogP contribution in [-0.4, -0.2) is 57.3 Å². The van der Waals surface area contributed by atoms with Crippen molar-refractivity contribution in [2.24, 2.45) is 5.90 Å². The van der Waals surface area contributed by atoms with Gasteiger partial charge in [0.1, 0.15) is 0 Å². The normalized spacial score (nSPS) is 27.3. The smallest absolute Gasteiger partial charge is 0.325 e. The van der Waals surface area contributed by atoms with Gasteiger partial charge < -0.3 is 15.7 Å². The summed E-state index contributed by atoms with van der Waals surface area (Å²) in [5.41, 5.74) is 2.23. The highest BCUT2D eigenvalue weighted by Gasteiger charge is 2.42. The number of amides is 3. The fourth-order valence-electron chi connectivity index (χ4n) is 2.83. The fraction of sp³-hybridized carbons (Fsp3) is 0.750. The van der Waals surface area contributed by atoms with E-state index in [1.54, 1.807) is 11.8 Å². The van der Waals surface area contributed by atoms with Crippen molar-refractivity contribution in [3.8, 4) is 0 Å². The van der Waals surface area contributed by atoms with E-state index in [0.29, 0.717) is 6.42 Å². The van der Waals surface area contributed by atoms with Crippen LogP contribution >= 0.6 is 11.8 Å². The molecule has 2 aliphatic heterocycles. The van der Waals surface area contributed by atoms with Gasteiger partial charge in [-0.2, -0.15) is 22.6 Å². The molecule has 2 fully saturated rings. The van der Waals surface area contributed by atoms with E-state index in [0.717, 1.165) is 17.3 Å². The molecule has 2 heterocycles. The molecule has 130 valence electrons. The summed E-state index contributed by atoms with van der Waals surface area (Å²) in [4.78, 5) is 38.1. The minimum atomic E-state index is -1.14. The molecular formula is C12H21N5O5S. The maximum atomic E-state index is 11.3. The van der Waals surface area contributed by atoms with Crippen molar-refractivity contribution >= 4 is 29.7 Å². The molecule has 10 nitrogen and oxygen atoms in total. The monoisotopic (exact) mass is 347 g/mol. The molecule has 0 aromatic carbocycles. The number of hydroxylamine groups is 1. The lowest BCUT2D eigenvalue weighted by atomic mass is 10.0. The number of hydrogen-bond donors (Lipinski definition) is 5. The summed E-state index contributed by atoms with van der Waals surface area (Å²) >= 11 is 1.76. The van der Waals surface area contributed by atoms with Gasteiger partial charge >= 0.3 is 12.0 Å². The third-order valence-electron chi connectivity index (χ3n) is 3.85. The van der Waals surface area contributed by atoms with Crippen LogP contribution in [0.4, 0.5) is 4.79 Å². The first kappa shape index (κ1) is 17.8. The summed E-state index contributed by atoms with van der Waals surface area (Å²) < 4.78 is 0. The van der Waals surface area contributed by atoms with Crippen LogP contribution in [0.25, 0.3) is 0 Å². The highest BCUT2D eigenvalue weighted by Crippen LogP contribution is 2.33. The summed E-state index contributed by atoms with van der Waals surface area (Å²) in [6, 6.07) is -1.02. The second-order valence-electron chi connectivity index (χ2n) is 5.51. The molecule has 0 aromatic rings.